The summed E-state index contributed by atoms with van der Waals surface area (Å²) in [6.45, 7) is 22.7. The Hall–Kier alpha value is -3.76. The third-order valence-corrected chi connectivity index (χ3v) is 13.5. The number of hydrogen-bond donors (Lipinski definition) is 1. The number of anilines is 3. The molecule has 0 radical (unpaired) electrons. The SMILES string of the molecule is C=CCN(C(=O)C1N([C@@H](CO)[C@@H](C)CC)C(=O)[C@@H]2[C@H](C(=O)N(CC=C)c3ccc(OCC)cc3)[C@]3(C)CCC12S3)c1ccc(N(CC)CC)cc1. The third-order valence-electron chi connectivity index (χ3n) is 11.5. The number of hydrogen-bond acceptors (Lipinski definition) is 7. The summed E-state index contributed by atoms with van der Waals surface area (Å²) < 4.78 is 4.24. The van der Waals surface area contributed by atoms with Gasteiger partial charge in [-0.25, -0.2) is 0 Å². The summed E-state index contributed by atoms with van der Waals surface area (Å²) in [6.07, 6.45) is 5.43. The molecule has 0 aliphatic carbocycles. The Bertz CT molecular complexity index is 1580. The van der Waals surface area contributed by atoms with Gasteiger partial charge in [0.1, 0.15) is 11.8 Å². The summed E-state index contributed by atoms with van der Waals surface area (Å²) in [5.74, 6) is -1.34. The predicted molar refractivity (Wildman–Crippen MR) is 209 cm³/mol. The maximum absolute atomic E-state index is 15.3. The zero-order valence-corrected chi connectivity index (χ0v) is 32.0. The lowest BCUT2D eigenvalue weighted by molar-refractivity contribution is -0.143. The van der Waals surface area contributed by atoms with Crippen LogP contribution in [0.5, 0.6) is 5.75 Å². The summed E-state index contributed by atoms with van der Waals surface area (Å²) in [7, 11) is 0. The summed E-state index contributed by atoms with van der Waals surface area (Å²) in [5.41, 5.74) is 2.48. The van der Waals surface area contributed by atoms with Crippen LogP contribution in [0.3, 0.4) is 0 Å². The van der Waals surface area contributed by atoms with Crippen molar-refractivity contribution in [3.05, 3.63) is 73.8 Å². The van der Waals surface area contributed by atoms with Crippen molar-refractivity contribution in [3.63, 3.8) is 0 Å². The Balaban J connectivity index is 1.60. The van der Waals surface area contributed by atoms with Crippen LogP contribution in [0.15, 0.2) is 73.8 Å². The van der Waals surface area contributed by atoms with E-state index < -0.39 is 33.4 Å². The molecule has 2 aromatic rings. The lowest BCUT2D eigenvalue weighted by atomic mass is 9.66. The van der Waals surface area contributed by atoms with E-state index in [1.54, 1.807) is 38.6 Å². The molecule has 276 valence electrons. The van der Waals surface area contributed by atoms with Crippen LogP contribution in [0.25, 0.3) is 0 Å². The van der Waals surface area contributed by atoms with Crippen LogP contribution in [0.4, 0.5) is 17.1 Å². The highest BCUT2D eigenvalue weighted by Crippen LogP contribution is 2.72. The summed E-state index contributed by atoms with van der Waals surface area (Å²) in [4.78, 5) is 52.7. The van der Waals surface area contributed by atoms with E-state index in [2.05, 4.69) is 38.8 Å². The Kier molecular flexibility index (Phi) is 12.0. The van der Waals surface area contributed by atoms with Gasteiger partial charge in [0.2, 0.25) is 11.8 Å². The maximum Gasteiger partial charge on any atom is 0.251 e. The number of nitrogens with zero attached hydrogens (tertiary/aromatic N) is 4. The smallest absolute Gasteiger partial charge is 0.251 e. The van der Waals surface area contributed by atoms with E-state index >= 15 is 9.59 Å². The van der Waals surface area contributed by atoms with Crippen molar-refractivity contribution in [1.82, 2.24) is 4.90 Å². The highest BCUT2D eigenvalue weighted by molar-refractivity contribution is 8.02. The summed E-state index contributed by atoms with van der Waals surface area (Å²) >= 11 is 1.64. The monoisotopic (exact) mass is 716 g/mol. The standard InChI is InChI=1S/C41H56N4O5S/c1-9-25-43(31-19-21-32(22-20-31)50-14-6)37(47)34-35-38(48)45(33(27-46)28(7)11-3)36(41(35)24-23-40(34,8)51-41)39(49)44(26-10-2)30-17-15-29(16-18-30)42(12-4)13-5/h9-10,15-22,28,33-36,46H,1-2,11-14,23-27H2,3-8H3/t28-,33-,34+,35-,36?,40-,41?/m0/s1. The number of ether oxygens (including phenoxy) is 1. The highest BCUT2D eigenvalue weighted by Gasteiger charge is 2.78. The van der Waals surface area contributed by atoms with E-state index in [-0.39, 0.29) is 43.3 Å². The number of fused-ring (bicyclic) bond motifs is 1. The molecule has 9 nitrogen and oxygen atoms in total. The number of aliphatic hydroxyl groups is 1. The van der Waals surface area contributed by atoms with Gasteiger partial charge in [0.05, 0.1) is 35.8 Å². The predicted octanol–water partition coefficient (Wildman–Crippen LogP) is 6.56. The van der Waals surface area contributed by atoms with Crippen molar-refractivity contribution >= 4 is 46.5 Å². The van der Waals surface area contributed by atoms with Gasteiger partial charge in [-0.05, 0) is 95.0 Å². The van der Waals surface area contributed by atoms with Gasteiger partial charge >= 0.3 is 0 Å². The fourth-order valence-electron chi connectivity index (χ4n) is 8.73. The molecule has 1 spiro atoms. The first-order valence-corrected chi connectivity index (χ1v) is 19.4. The number of aliphatic hydroxyl groups excluding tert-OH is 1. The molecule has 3 heterocycles. The first kappa shape index (κ1) is 38.5. The Morgan fingerprint density at radius 2 is 1.49 bits per heavy atom. The number of amides is 3. The highest BCUT2D eigenvalue weighted by atomic mass is 32.2. The number of benzene rings is 2. The van der Waals surface area contributed by atoms with E-state index in [0.29, 0.717) is 30.9 Å². The second kappa shape index (κ2) is 15.9. The molecule has 0 saturated carbocycles. The molecule has 51 heavy (non-hydrogen) atoms. The minimum atomic E-state index is -0.869. The van der Waals surface area contributed by atoms with E-state index in [1.165, 1.54) is 0 Å². The van der Waals surface area contributed by atoms with Crippen LogP contribution >= 0.6 is 11.8 Å². The third kappa shape index (κ3) is 6.70. The van der Waals surface area contributed by atoms with Crippen molar-refractivity contribution in [2.75, 3.05) is 54.1 Å². The van der Waals surface area contributed by atoms with E-state index in [1.807, 2.05) is 69.3 Å². The lowest BCUT2D eigenvalue weighted by Crippen LogP contribution is -2.58. The second-order valence-corrected chi connectivity index (χ2v) is 16.1. The Morgan fingerprint density at radius 1 is 0.941 bits per heavy atom. The zero-order valence-electron chi connectivity index (χ0n) is 31.2. The van der Waals surface area contributed by atoms with Crippen LogP contribution in [0.2, 0.25) is 0 Å². The van der Waals surface area contributed by atoms with Crippen molar-refractivity contribution in [2.24, 2.45) is 17.8 Å². The topological polar surface area (TPSA) is 93.6 Å². The van der Waals surface area contributed by atoms with Gasteiger partial charge in [-0.15, -0.1) is 24.9 Å². The molecule has 3 saturated heterocycles. The fraction of sp³-hybridized carbons (Fsp3) is 0.537. The number of carbonyl (C=O) groups excluding carboxylic acids is 3. The van der Waals surface area contributed by atoms with E-state index in [4.69, 9.17) is 4.74 Å². The van der Waals surface area contributed by atoms with Crippen molar-refractivity contribution < 1.29 is 24.2 Å². The number of likely N-dealkylation sites (tertiary alicyclic amines) is 1. The van der Waals surface area contributed by atoms with Gasteiger partial charge in [0.15, 0.2) is 0 Å². The zero-order chi connectivity index (χ0) is 37.1. The van der Waals surface area contributed by atoms with Gasteiger partial charge in [-0.3, -0.25) is 14.4 Å². The Labute approximate surface area is 308 Å². The minimum Gasteiger partial charge on any atom is -0.494 e. The second-order valence-electron chi connectivity index (χ2n) is 14.2. The molecule has 10 heteroatoms. The first-order valence-electron chi connectivity index (χ1n) is 18.6. The van der Waals surface area contributed by atoms with Crippen molar-refractivity contribution in [2.45, 2.75) is 82.4 Å². The maximum atomic E-state index is 15.3. The first-order chi connectivity index (χ1) is 24.5. The Morgan fingerprint density at radius 3 is 2.00 bits per heavy atom. The molecule has 7 atom stereocenters. The normalized spacial score (nSPS) is 26.0. The van der Waals surface area contributed by atoms with Crippen molar-refractivity contribution in [1.29, 1.82) is 0 Å². The molecule has 5 rings (SSSR count). The molecular formula is C41H56N4O5S. The largest absolute Gasteiger partial charge is 0.494 e. The van der Waals surface area contributed by atoms with Gasteiger partial charge in [-0.2, -0.15) is 0 Å². The molecule has 3 aliphatic rings. The molecule has 2 unspecified atom stereocenters. The van der Waals surface area contributed by atoms with Crippen LogP contribution in [-0.2, 0) is 14.4 Å². The van der Waals surface area contributed by atoms with Crippen LogP contribution in [-0.4, -0.2) is 88.7 Å². The minimum absolute atomic E-state index is 0.0706. The molecule has 3 amide bonds. The molecule has 3 aliphatic heterocycles. The summed E-state index contributed by atoms with van der Waals surface area (Å²) in [5, 5.41) is 10.9. The molecule has 1 N–H and O–H groups in total. The van der Waals surface area contributed by atoms with E-state index in [9.17, 15) is 9.90 Å². The molecule has 2 aromatic carbocycles. The van der Waals surface area contributed by atoms with Crippen LogP contribution < -0.4 is 19.4 Å². The molecule has 2 bridgehead atoms. The average Bonchev–Trinajstić information content (AvgIpc) is 3.71. The van der Waals surface area contributed by atoms with Crippen LogP contribution in [0, 0.1) is 17.8 Å². The summed E-state index contributed by atoms with van der Waals surface area (Å²) in [6, 6.07) is 13.9. The van der Waals surface area contributed by atoms with Gasteiger partial charge in [0, 0.05) is 48.0 Å². The van der Waals surface area contributed by atoms with Gasteiger partial charge in [0.25, 0.3) is 5.91 Å². The number of rotatable bonds is 17. The van der Waals surface area contributed by atoms with Crippen LogP contribution in [0.1, 0.15) is 60.8 Å². The fourth-order valence-corrected chi connectivity index (χ4v) is 11.1. The molecule has 0 aromatic heterocycles. The van der Waals surface area contributed by atoms with Gasteiger partial charge in [-0.1, -0.05) is 32.4 Å². The molecular weight excluding hydrogens is 661 g/mol. The number of thioether (sulfide) groups is 1. The number of carbonyl (C=O) groups is 3. The van der Waals surface area contributed by atoms with Crippen molar-refractivity contribution in [3.8, 4) is 5.75 Å². The average molecular weight is 717 g/mol. The van der Waals surface area contributed by atoms with Gasteiger partial charge < -0.3 is 29.4 Å². The lowest BCUT2D eigenvalue weighted by Gasteiger charge is -2.41. The van der Waals surface area contributed by atoms with E-state index in [0.717, 1.165) is 30.9 Å². The molecule has 3 fully saturated rings. The quantitative estimate of drug-likeness (QED) is 0.186.